The van der Waals surface area contributed by atoms with Gasteiger partial charge in [-0.1, -0.05) is 0 Å². The van der Waals surface area contributed by atoms with E-state index in [9.17, 15) is 4.79 Å². The van der Waals surface area contributed by atoms with Gasteiger partial charge < -0.3 is 19.8 Å². The first kappa shape index (κ1) is 17.7. The molecule has 2 aliphatic heterocycles. The Bertz CT molecular complexity index is 296. The Morgan fingerprint density at radius 2 is 1.85 bits per heavy atom. The molecule has 2 saturated heterocycles. The summed E-state index contributed by atoms with van der Waals surface area (Å²) in [7, 11) is 2.19. The van der Waals surface area contributed by atoms with Crippen molar-refractivity contribution in [2.75, 3.05) is 59.4 Å². The van der Waals surface area contributed by atoms with Crippen molar-refractivity contribution in [1.82, 2.24) is 14.7 Å². The van der Waals surface area contributed by atoms with E-state index in [-0.39, 0.29) is 18.8 Å². The third-order valence-electron chi connectivity index (χ3n) is 4.36. The minimum atomic E-state index is -0.679. The average Bonchev–Trinajstić information content (AvgIpc) is 2.40. The number of halogens is 1. The van der Waals surface area contributed by atoms with Gasteiger partial charge in [-0.25, -0.2) is 0 Å². The number of carboxylic acid groups (broad SMARTS) is 1. The first-order valence-corrected chi connectivity index (χ1v) is 7.48. The first-order chi connectivity index (χ1) is 9.13. The van der Waals surface area contributed by atoms with Crippen molar-refractivity contribution in [2.45, 2.75) is 19.3 Å². The molecule has 20 heavy (non-hydrogen) atoms. The molecule has 118 valence electrons. The van der Waals surface area contributed by atoms with Crippen LogP contribution in [0.3, 0.4) is 0 Å². The number of nitrogens with zero attached hydrogens (tertiary/aromatic N) is 3. The Kier molecular flexibility index (Phi) is 7.80. The summed E-state index contributed by atoms with van der Waals surface area (Å²) >= 11 is 0. The molecular formula is C14H28ClN3O2. The van der Waals surface area contributed by atoms with Gasteiger partial charge in [-0.3, -0.25) is 4.79 Å². The van der Waals surface area contributed by atoms with Crippen molar-refractivity contribution in [3.8, 4) is 0 Å². The third kappa shape index (κ3) is 5.95. The number of hydrogen-bond donors (Lipinski definition) is 1. The summed E-state index contributed by atoms with van der Waals surface area (Å²) < 4.78 is 0. The highest BCUT2D eigenvalue weighted by atomic mass is 35.5. The van der Waals surface area contributed by atoms with Gasteiger partial charge >= 0.3 is 5.97 Å². The van der Waals surface area contributed by atoms with Crippen molar-refractivity contribution < 1.29 is 9.90 Å². The lowest BCUT2D eigenvalue weighted by molar-refractivity contribution is -0.137. The van der Waals surface area contributed by atoms with Gasteiger partial charge in [0.25, 0.3) is 0 Å². The fourth-order valence-corrected chi connectivity index (χ4v) is 3.15. The number of piperidine rings is 1. The molecule has 1 atom stereocenters. The topological polar surface area (TPSA) is 47.0 Å². The van der Waals surface area contributed by atoms with E-state index >= 15 is 0 Å². The second-order valence-corrected chi connectivity index (χ2v) is 6.06. The van der Waals surface area contributed by atoms with E-state index in [2.05, 4.69) is 21.7 Å². The molecule has 6 heteroatoms. The number of piperazine rings is 1. The molecule has 0 aromatic rings. The van der Waals surface area contributed by atoms with Crippen LogP contribution in [0, 0.1) is 5.92 Å². The molecule has 0 aromatic carbocycles. The van der Waals surface area contributed by atoms with Gasteiger partial charge in [-0.15, -0.1) is 12.4 Å². The Balaban J connectivity index is 0.00000200. The predicted molar refractivity (Wildman–Crippen MR) is 82.6 cm³/mol. The quantitative estimate of drug-likeness (QED) is 0.816. The Labute approximate surface area is 128 Å². The van der Waals surface area contributed by atoms with E-state index < -0.39 is 5.97 Å². The molecule has 0 aromatic heterocycles. The summed E-state index contributed by atoms with van der Waals surface area (Å²) in [5.41, 5.74) is 0. The first-order valence-electron chi connectivity index (χ1n) is 7.48. The molecule has 0 spiro atoms. The summed E-state index contributed by atoms with van der Waals surface area (Å²) in [4.78, 5) is 17.9. The van der Waals surface area contributed by atoms with Gasteiger partial charge in [0.1, 0.15) is 0 Å². The zero-order chi connectivity index (χ0) is 13.7. The molecule has 0 aliphatic carbocycles. The molecule has 5 nitrogen and oxygen atoms in total. The van der Waals surface area contributed by atoms with Crippen LogP contribution in [-0.4, -0.2) is 85.2 Å². The van der Waals surface area contributed by atoms with E-state index in [4.69, 9.17) is 5.11 Å². The van der Waals surface area contributed by atoms with Crippen molar-refractivity contribution in [3.05, 3.63) is 0 Å². The van der Waals surface area contributed by atoms with Crippen molar-refractivity contribution in [2.24, 2.45) is 5.92 Å². The molecule has 2 fully saturated rings. The standard InChI is InChI=1S/C14H27N3O2.ClH/c1-15-7-9-17(10-8-15)12-13-3-2-5-16(11-13)6-4-14(18)19;/h13H,2-12H2,1H3,(H,18,19);1H. The fourth-order valence-electron chi connectivity index (χ4n) is 3.15. The summed E-state index contributed by atoms with van der Waals surface area (Å²) in [6.45, 7) is 8.78. The van der Waals surface area contributed by atoms with Gasteiger partial charge in [0, 0.05) is 45.8 Å². The van der Waals surface area contributed by atoms with Gasteiger partial charge in [-0.2, -0.15) is 0 Å². The van der Waals surface area contributed by atoms with Crippen LogP contribution in [0.15, 0.2) is 0 Å². The molecule has 1 unspecified atom stereocenters. The van der Waals surface area contributed by atoms with Gasteiger partial charge in [0.05, 0.1) is 6.42 Å². The molecule has 2 rings (SSSR count). The zero-order valence-corrected chi connectivity index (χ0v) is 13.3. The van der Waals surface area contributed by atoms with Crippen LogP contribution in [-0.2, 0) is 4.79 Å². The lowest BCUT2D eigenvalue weighted by atomic mass is 9.97. The highest BCUT2D eigenvalue weighted by Gasteiger charge is 2.23. The van der Waals surface area contributed by atoms with Crippen LogP contribution in [0.1, 0.15) is 19.3 Å². The zero-order valence-electron chi connectivity index (χ0n) is 12.5. The van der Waals surface area contributed by atoms with Crippen LogP contribution < -0.4 is 0 Å². The highest BCUT2D eigenvalue weighted by molar-refractivity contribution is 5.85. The smallest absolute Gasteiger partial charge is 0.304 e. The predicted octanol–water partition coefficient (Wildman–Crippen LogP) is 0.842. The maximum atomic E-state index is 10.6. The van der Waals surface area contributed by atoms with Gasteiger partial charge in [0.2, 0.25) is 0 Å². The van der Waals surface area contributed by atoms with Gasteiger partial charge in [-0.05, 0) is 32.4 Å². The second-order valence-electron chi connectivity index (χ2n) is 6.06. The maximum absolute atomic E-state index is 10.6. The molecule has 0 amide bonds. The molecule has 2 aliphatic rings. The van der Waals surface area contributed by atoms with E-state index in [0.29, 0.717) is 6.54 Å². The van der Waals surface area contributed by atoms with Crippen molar-refractivity contribution in [3.63, 3.8) is 0 Å². The molecule has 0 bridgehead atoms. The molecular weight excluding hydrogens is 278 g/mol. The van der Waals surface area contributed by atoms with Crippen LogP contribution in [0.4, 0.5) is 0 Å². The van der Waals surface area contributed by atoms with Crippen LogP contribution in [0.2, 0.25) is 0 Å². The normalized spacial score (nSPS) is 26.1. The van der Waals surface area contributed by atoms with Crippen LogP contribution in [0.5, 0.6) is 0 Å². The summed E-state index contributed by atoms with van der Waals surface area (Å²) in [6, 6.07) is 0. The molecule has 2 heterocycles. The van der Waals surface area contributed by atoms with Crippen molar-refractivity contribution in [1.29, 1.82) is 0 Å². The number of carboxylic acids is 1. The minimum absolute atomic E-state index is 0. The monoisotopic (exact) mass is 305 g/mol. The SMILES string of the molecule is CN1CCN(CC2CCCN(CCC(=O)O)C2)CC1.Cl. The largest absolute Gasteiger partial charge is 0.481 e. The summed E-state index contributed by atoms with van der Waals surface area (Å²) in [5, 5.41) is 8.76. The Morgan fingerprint density at radius 1 is 1.15 bits per heavy atom. The maximum Gasteiger partial charge on any atom is 0.304 e. The Hall–Kier alpha value is -0.360. The lowest BCUT2D eigenvalue weighted by Crippen LogP contribution is -2.48. The number of aliphatic carboxylic acids is 1. The number of carbonyl (C=O) groups is 1. The summed E-state index contributed by atoms with van der Waals surface area (Å²) in [6.07, 6.45) is 2.80. The van der Waals surface area contributed by atoms with E-state index in [1.54, 1.807) is 0 Å². The molecule has 0 radical (unpaired) electrons. The molecule has 0 saturated carbocycles. The van der Waals surface area contributed by atoms with Crippen LogP contribution >= 0.6 is 12.4 Å². The lowest BCUT2D eigenvalue weighted by Gasteiger charge is -2.38. The number of likely N-dealkylation sites (N-methyl/N-ethyl adjacent to an activating group) is 1. The fraction of sp³-hybridized carbons (Fsp3) is 0.929. The third-order valence-corrected chi connectivity index (χ3v) is 4.36. The number of likely N-dealkylation sites (tertiary alicyclic amines) is 1. The van der Waals surface area contributed by atoms with Gasteiger partial charge in [0.15, 0.2) is 0 Å². The minimum Gasteiger partial charge on any atom is -0.481 e. The second kappa shape index (κ2) is 8.82. The van der Waals surface area contributed by atoms with Crippen LogP contribution in [0.25, 0.3) is 0 Å². The Morgan fingerprint density at radius 3 is 2.50 bits per heavy atom. The summed E-state index contributed by atoms with van der Waals surface area (Å²) in [5.74, 6) is 0.0483. The van der Waals surface area contributed by atoms with Crippen molar-refractivity contribution >= 4 is 18.4 Å². The average molecular weight is 306 g/mol. The number of rotatable bonds is 5. The van der Waals surface area contributed by atoms with E-state index in [0.717, 1.165) is 19.0 Å². The van der Waals surface area contributed by atoms with E-state index in [1.165, 1.54) is 45.6 Å². The van der Waals surface area contributed by atoms with E-state index in [1.807, 2.05) is 0 Å². The highest BCUT2D eigenvalue weighted by Crippen LogP contribution is 2.18. The molecule has 1 N–H and O–H groups in total. The number of hydrogen-bond acceptors (Lipinski definition) is 4.